The lowest BCUT2D eigenvalue weighted by molar-refractivity contribution is -0.140. The number of hydrogen-bond donors (Lipinski definition) is 1. The zero-order chi connectivity index (χ0) is 33.1. The molecule has 0 aromatic heterocycles. The number of carbonyl (C=O) groups is 2. The molecular formula is C36H40ClN3O5S. The summed E-state index contributed by atoms with van der Waals surface area (Å²) in [6.45, 7) is 5.60. The van der Waals surface area contributed by atoms with Gasteiger partial charge in [0.1, 0.15) is 18.3 Å². The lowest BCUT2D eigenvalue weighted by atomic mass is 10.0. The van der Waals surface area contributed by atoms with Gasteiger partial charge in [0.25, 0.3) is 10.0 Å². The van der Waals surface area contributed by atoms with Gasteiger partial charge in [0.05, 0.1) is 17.2 Å². The molecule has 0 fully saturated rings. The molecule has 0 bridgehead atoms. The second-order valence-corrected chi connectivity index (χ2v) is 13.2. The average Bonchev–Trinajstić information content (AvgIpc) is 3.07. The van der Waals surface area contributed by atoms with E-state index in [1.807, 2.05) is 51.1 Å². The summed E-state index contributed by atoms with van der Waals surface area (Å²) in [7, 11) is -4.20. The number of hydrogen-bond acceptors (Lipinski definition) is 5. The molecule has 4 rings (SSSR count). The van der Waals surface area contributed by atoms with Gasteiger partial charge >= 0.3 is 0 Å². The molecule has 4 aromatic rings. The Morgan fingerprint density at radius 1 is 0.848 bits per heavy atom. The van der Waals surface area contributed by atoms with E-state index in [1.54, 1.807) is 66.7 Å². The minimum Gasteiger partial charge on any atom is -0.494 e. The number of halogens is 1. The van der Waals surface area contributed by atoms with E-state index in [0.29, 0.717) is 29.4 Å². The van der Waals surface area contributed by atoms with Gasteiger partial charge in [0, 0.05) is 24.0 Å². The summed E-state index contributed by atoms with van der Waals surface area (Å²) in [5.41, 5.74) is 1.76. The van der Waals surface area contributed by atoms with Crippen molar-refractivity contribution in [2.45, 2.75) is 57.1 Å². The third-order valence-electron chi connectivity index (χ3n) is 7.62. The Balaban J connectivity index is 1.81. The summed E-state index contributed by atoms with van der Waals surface area (Å²) in [5.74, 6) is -0.328. The molecule has 0 aliphatic heterocycles. The number of rotatable bonds is 15. The first-order valence-corrected chi connectivity index (χ1v) is 17.1. The number of anilines is 1. The quantitative estimate of drug-likeness (QED) is 0.157. The van der Waals surface area contributed by atoms with Crippen LogP contribution in [-0.4, -0.2) is 50.4 Å². The second kappa shape index (κ2) is 16.3. The van der Waals surface area contributed by atoms with Gasteiger partial charge in [-0.25, -0.2) is 8.42 Å². The van der Waals surface area contributed by atoms with Crippen LogP contribution in [0.2, 0.25) is 5.02 Å². The summed E-state index contributed by atoms with van der Waals surface area (Å²) in [4.78, 5) is 30.0. The highest BCUT2D eigenvalue weighted by molar-refractivity contribution is 7.92. The van der Waals surface area contributed by atoms with Crippen LogP contribution in [0.5, 0.6) is 5.75 Å². The van der Waals surface area contributed by atoms with Gasteiger partial charge in [-0.15, -0.1) is 0 Å². The molecule has 0 saturated carbocycles. The molecule has 4 aromatic carbocycles. The predicted octanol–water partition coefficient (Wildman–Crippen LogP) is 6.49. The summed E-state index contributed by atoms with van der Waals surface area (Å²) in [5, 5.41) is 3.47. The molecule has 46 heavy (non-hydrogen) atoms. The molecule has 0 heterocycles. The Labute approximate surface area is 277 Å². The van der Waals surface area contributed by atoms with Crippen molar-refractivity contribution in [3.05, 3.63) is 125 Å². The zero-order valence-corrected chi connectivity index (χ0v) is 27.9. The number of amides is 2. The van der Waals surface area contributed by atoms with Crippen molar-refractivity contribution >= 4 is 39.1 Å². The van der Waals surface area contributed by atoms with Gasteiger partial charge in [-0.3, -0.25) is 13.9 Å². The van der Waals surface area contributed by atoms with Crippen LogP contribution in [0.25, 0.3) is 0 Å². The molecule has 0 saturated heterocycles. The van der Waals surface area contributed by atoms with Crippen LogP contribution >= 0.6 is 11.6 Å². The first kappa shape index (κ1) is 34.5. The molecule has 8 nitrogen and oxygen atoms in total. The molecule has 10 heteroatoms. The molecule has 0 spiro atoms. The van der Waals surface area contributed by atoms with Crippen LogP contribution in [0.3, 0.4) is 0 Å². The molecule has 0 unspecified atom stereocenters. The number of sulfonamides is 1. The maximum Gasteiger partial charge on any atom is 0.264 e. The van der Waals surface area contributed by atoms with Gasteiger partial charge < -0.3 is 15.0 Å². The highest BCUT2D eigenvalue weighted by Gasteiger charge is 2.35. The Kier molecular flexibility index (Phi) is 12.2. The fourth-order valence-electron chi connectivity index (χ4n) is 4.93. The summed E-state index contributed by atoms with van der Waals surface area (Å²) in [6, 6.07) is 29.9. The van der Waals surface area contributed by atoms with E-state index < -0.39 is 28.5 Å². The summed E-state index contributed by atoms with van der Waals surface area (Å²) >= 11 is 6.56. The van der Waals surface area contributed by atoms with Crippen LogP contribution in [0.15, 0.2) is 114 Å². The standard InChI is InChI=1S/C36H40ClN3O5S/c1-4-27(3)38-36(42)34(24-28-14-8-6-9-15-28)39(25-29-16-12-13-19-33(29)37)35(41)26-40(30-20-22-31(23-21-30)45-5-2)46(43,44)32-17-10-7-11-18-32/h6-23,27,34H,4-5,24-26H2,1-3H3,(H,38,42)/t27-,34-/m0/s1. The SMILES string of the molecule is CCOc1ccc(N(CC(=O)N(Cc2ccccc2Cl)[C@@H](Cc2ccccc2)C(=O)N[C@@H](C)CC)S(=O)(=O)c2ccccc2)cc1. The smallest absolute Gasteiger partial charge is 0.264 e. The van der Waals surface area contributed by atoms with Crippen LogP contribution < -0.4 is 14.4 Å². The van der Waals surface area contributed by atoms with Gasteiger partial charge in [-0.2, -0.15) is 0 Å². The summed E-state index contributed by atoms with van der Waals surface area (Å²) < 4.78 is 34.9. The minimum absolute atomic E-state index is 0.00750. The van der Waals surface area contributed by atoms with Gasteiger partial charge in [0.2, 0.25) is 11.8 Å². The topological polar surface area (TPSA) is 96.0 Å². The highest BCUT2D eigenvalue weighted by atomic mass is 35.5. The van der Waals surface area contributed by atoms with E-state index >= 15 is 0 Å². The number of carbonyl (C=O) groups excluding carboxylic acids is 2. The van der Waals surface area contributed by atoms with Crippen molar-refractivity contribution in [1.82, 2.24) is 10.2 Å². The molecule has 242 valence electrons. The van der Waals surface area contributed by atoms with Crippen LogP contribution in [-0.2, 0) is 32.6 Å². The zero-order valence-electron chi connectivity index (χ0n) is 26.3. The molecule has 1 N–H and O–H groups in total. The van der Waals surface area contributed by atoms with Crippen molar-refractivity contribution in [3.63, 3.8) is 0 Å². The molecule has 2 atom stereocenters. The Morgan fingerprint density at radius 2 is 1.46 bits per heavy atom. The monoisotopic (exact) mass is 661 g/mol. The van der Waals surface area contributed by atoms with E-state index in [9.17, 15) is 18.0 Å². The van der Waals surface area contributed by atoms with Crippen molar-refractivity contribution in [1.29, 1.82) is 0 Å². The minimum atomic E-state index is -4.20. The lowest BCUT2D eigenvalue weighted by Crippen LogP contribution is -2.54. The maximum absolute atomic E-state index is 14.6. The van der Waals surface area contributed by atoms with E-state index in [4.69, 9.17) is 16.3 Å². The van der Waals surface area contributed by atoms with Crippen molar-refractivity contribution in [2.24, 2.45) is 0 Å². The number of nitrogens with one attached hydrogen (secondary N) is 1. The molecular weight excluding hydrogens is 622 g/mol. The third kappa shape index (κ3) is 8.89. The van der Waals surface area contributed by atoms with Gasteiger partial charge in [-0.1, -0.05) is 85.3 Å². The van der Waals surface area contributed by atoms with Crippen molar-refractivity contribution in [2.75, 3.05) is 17.5 Å². The molecule has 0 radical (unpaired) electrons. The lowest BCUT2D eigenvalue weighted by Gasteiger charge is -2.34. The van der Waals surface area contributed by atoms with Crippen LogP contribution in [0.1, 0.15) is 38.3 Å². The van der Waals surface area contributed by atoms with Crippen LogP contribution in [0, 0.1) is 0 Å². The predicted molar refractivity (Wildman–Crippen MR) is 182 cm³/mol. The Hall–Kier alpha value is -4.34. The summed E-state index contributed by atoms with van der Waals surface area (Å²) in [6.07, 6.45) is 0.914. The van der Waals surface area contributed by atoms with E-state index in [2.05, 4.69) is 5.32 Å². The first-order chi connectivity index (χ1) is 22.1. The number of ether oxygens (including phenoxy) is 1. The van der Waals surface area contributed by atoms with Gasteiger partial charge in [-0.05, 0) is 73.9 Å². The van der Waals surface area contributed by atoms with Crippen LogP contribution in [0.4, 0.5) is 5.69 Å². The maximum atomic E-state index is 14.6. The molecule has 2 amide bonds. The Bertz CT molecular complexity index is 1690. The second-order valence-electron chi connectivity index (χ2n) is 10.9. The fraction of sp³-hybridized carbons (Fsp3) is 0.278. The van der Waals surface area contributed by atoms with E-state index in [-0.39, 0.29) is 35.5 Å². The Morgan fingerprint density at radius 3 is 2.07 bits per heavy atom. The van der Waals surface area contributed by atoms with Gasteiger partial charge in [0.15, 0.2) is 0 Å². The highest BCUT2D eigenvalue weighted by Crippen LogP contribution is 2.27. The molecule has 0 aliphatic rings. The number of nitrogens with zero attached hydrogens (tertiary/aromatic N) is 2. The molecule has 0 aliphatic carbocycles. The van der Waals surface area contributed by atoms with E-state index in [0.717, 1.165) is 9.87 Å². The normalized spacial score (nSPS) is 12.5. The fourth-order valence-corrected chi connectivity index (χ4v) is 6.56. The first-order valence-electron chi connectivity index (χ1n) is 15.3. The van der Waals surface area contributed by atoms with E-state index in [1.165, 1.54) is 17.0 Å². The average molecular weight is 662 g/mol. The largest absolute Gasteiger partial charge is 0.494 e. The number of benzene rings is 4. The third-order valence-corrected chi connectivity index (χ3v) is 9.77. The van der Waals surface area contributed by atoms with Crippen molar-refractivity contribution < 1.29 is 22.7 Å². The van der Waals surface area contributed by atoms with Crippen molar-refractivity contribution in [3.8, 4) is 5.75 Å².